The molecule has 4 nitrogen and oxygen atoms in total. The number of hydrogen-bond acceptors (Lipinski definition) is 3. The maximum Gasteiger partial charge on any atom is 0.387 e. The Hall–Kier alpha value is -1.69. The third-order valence-corrected chi connectivity index (χ3v) is 3.47. The van der Waals surface area contributed by atoms with Crippen molar-refractivity contribution in [3.8, 4) is 5.75 Å². The lowest BCUT2D eigenvalue weighted by atomic mass is 9.95. The Labute approximate surface area is 123 Å². The van der Waals surface area contributed by atoms with Crippen molar-refractivity contribution in [3.63, 3.8) is 0 Å². The van der Waals surface area contributed by atoms with Crippen LogP contribution in [0, 0.1) is 5.92 Å². The molecule has 6 heteroatoms. The summed E-state index contributed by atoms with van der Waals surface area (Å²) in [5.74, 6) is -0.0446. The number of hydrogen-bond donors (Lipinski definition) is 2. The van der Waals surface area contributed by atoms with Crippen LogP contribution in [0.3, 0.4) is 0 Å². The molecule has 0 aromatic heterocycles. The number of rotatable bonds is 8. The summed E-state index contributed by atoms with van der Waals surface area (Å²) in [4.78, 5) is 12.0. The normalized spacial score (nSPS) is 12.5. The summed E-state index contributed by atoms with van der Waals surface area (Å²) in [6.45, 7) is 1.55. The van der Waals surface area contributed by atoms with E-state index >= 15 is 0 Å². The van der Waals surface area contributed by atoms with Gasteiger partial charge in [-0.05, 0) is 24.1 Å². The van der Waals surface area contributed by atoms with Gasteiger partial charge in [-0.2, -0.15) is 8.78 Å². The van der Waals surface area contributed by atoms with Gasteiger partial charge < -0.3 is 15.8 Å². The zero-order valence-corrected chi connectivity index (χ0v) is 12.3. The molecule has 0 aliphatic carbocycles. The van der Waals surface area contributed by atoms with E-state index in [-0.39, 0.29) is 23.3 Å². The summed E-state index contributed by atoms with van der Waals surface area (Å²) in [5.41, 5.74) is 6.29. The SMILES string of the molecule is CCC(CC)C(N)CNC(=O)c1cccc(OC(F)F)c1. The molecule has 0 radical (unpaired) electrons. The third kappa shape index (κ3) is 5.67. The van der Waals surface area contributed by atoms with Crippen molar-refractivity contribution < 1.29 is 18.3 Å². The highest BCUT2D eigenvalue weighted by molar-refractivity contribution is 5.94. The Morgan fingerprint density at radius 1 is 1.33 bits per heavy atom. The van der Waals surface area contributed by atoms with Crippen molar-refractivity contribution in [1.82, 2.24) is 5.32 Å². The number of carbonyl (C=O) groups excluding carboxylic acids is 1. The van der Waals surface area contributed by atoms with Crippen molar-refractivity contribution >= 4 is 5.91 Å². The molecule has 0 fully saturated rings. The number of nitrogens with one attached hydrogen (secondary N) is 1. The van der Waals surface area contributed by atoms with Crippen LogP contribution in [0.2, 0.25) is 0 Å². The van der Waals surface area contributed by atoms with E-state index in [2.05, 4.69) is 23.9 Å². The second-order valence-electron chi connectivity index (χ2n) is 4.86. The van der Waals surface area contributed by atoms with Crippen LogP contribution in [-0.4, -0.2) is 25.1 Å². The fourth-order valence-electron chi connectivity index (χ4n) is 2.19. The van der Waals surface area contributed by atoms with Gasteiger partial charge in [-0.15, -0.1) is 0 Å². The highest BCUT2D eigenvalue weighted by atomic mass is 19.3. The second-order valence-corrected chi connectivity index (χ2v) is 4.86. The summed E-state index contributed by atoms with van der Waals surface area (Å²) in [6, 6.07) is 5.57. The van der Waals surface area contributed by atoms with Gasteiger partial charge in [-0.25, -0.2) is 0 Å². The monoisotopic (exact) mass is 300 g/mol. The van der Waals surface area contributed by atoms with Gasteiger partial charge >= 0.3 is 6.61 Å². The van der Waals surface area contributed by atoms with E-state index in [1.165, 1.54) is 24.3 Å². The van der Waals surface area contributed by atoms with Crippen LogP contribution in [0.25, 0.3) is 0 Å². The first-order valence-electron chi connectivity index (χ1n) is 7.06. The maximum atomic E-state index is 12.1. The number of benzene rings is 1. The van der Waals surface area contributed by atoms with E-state index in [1.807, 2.05) is 0 Å². The first-order valence-corrected chi connectivity index (χ1v) is 7.06. The van der Waals surface area contributed by atoms with Crippen LogP contribution in [0.4, 0.5) is 8.78 Å². The molecule has 21 heavy (non-hydrogen) atoms. The molecule has 1 aromatic rings. The van der Waals surface area contributed by atoms with E-state index < -0.39 is 6.61 Å². The van der Waals surface area contributed by atoms with Crippen LogP contribution in [0.1, 0.15) is 37.0 Å². The molecule has 1 amide bonds. The predicted octanol–water partition coefficient (Wildman–Crippen LogP) is 2.78. The molecule has 0 spiro atoms. The molecule has 1 unspecified atom stereocenters. The van der Waals surface area contributed by atoms with Gasteiger partial charge in [-0.3, -0.25) is 4.79 Å². The first kappa shape index (κ1) is 17.4. The minimum atomic E-state index is -2.91. The fourth-order valence-corrected chi connectivity index (χ4v) is 2.19. The Balaban J connectivity index is 2.59. The highest BCUT2D eigenvalue weighted by Crippen LogP contribution is 2.16. The van der Waals surface area contributed by atoms with Gasteiger partial charge in [0.25, 0.3) is 5.91 Å². The first-order chi connectivity index (χ1) is 9.97. The van der Waals surface area contributed by atoms with E-state index in [0.29, 0.717) is 12.5 Å². The highest BCUT2D eigenvalue weighted by Gasteiger charge is 2.16. The topological polar surface area (TPSA) is 64.3 Å². The van der Waals surface area contributed by atoms with Gasteiger partial charge in [0.2, 0.25) is 0 Å². The van der Waals surface area contributed by atoms with Crippen molar-refractivity contribution in [3.05, 3.63) is 29.8 Å². The van der Waals surface area contributed by atoms with Crippen molar-refractivity contribution in [1.29, 1.82) is 0 Å². The average Bonchev–Trinajstić information content (AvgIpc) is 2.45. The third-order valence-electron chi connectivity index (χ3n) is 3.47. The lowest BCUT2D eigenvalue weighted by molar-refractivity contribution is -0.0498. The van der Waals surface area contributed by atoms with Gasteiger partial charge in [0, 0.05) is 18.2 Å². The van der Waals surface area contributed by atoms with Crippen molar-refractivity contribution in [2.45, 2.75) is 39.3 Å². The molecule has 0 aliphatic heterocycles. The Morgan fingerprint density at radius 3 is 2.57 bits per heavy atom. The molecular weight excluding hydrogens is 278 g/mol. The molecule has 1 atom stereocenters. The zero-order chi connectivity index (χ0) is 15.8. The molecule has 1 aromatic carbocycles. The fraction of sp³-hybridized carbons (Fsp3) is 0.533. The van der Waals surface area contributed by atoms with E-state index in [0.717, 1.165) is 12.8 Å². The van der Waals surface area contributed by atoms with Crippen LogP contribution >= 0.6 is 0 Å². The summed E-state index contributed by atoms with van der Waals surface area (Å²) in [6.07, 6.45) is 1.90. The summed E-state index contributed by atoms with van der Waals surface area (Å²) >= 11 is 0. The van der Waals surface area contributed by atoms with E-state index in [4.69, 9.17) is 5.73 Å². The van der Waals surface area contributed by atoms with Gasteiger partial charge in [0.15, 0.2) is 0 Å². The van der Waals surface area contributed by atoms with Crippen molar-refractivity contribution in [2.24, 2.45) is 11.7 Å². The Morgan fingerprint density at radius 2 is 2.00 bits per heavy atom. The number of ether oxygens (including phenoxy) is 1. The Kier molecular flexibility index (Phi) is 7.08. The van der Waals surface area contributed by atoms with E-state index in [9.17, 15) is 13.6 Å². The van der Waals surface area contributed by atoms with Crippen LogP contribution < -0.4 is 15.8 Å². The minimum absolute atomic E-state index is 0.0399. The Bertz CT molecular complexity index is 451. The van der Waals surface area contributed by atoms with Crippen LogP contribution in [0.5, 0.6) is 5.75 Å². The molecule has 0 bridgehead atoms. The molecular formula is C15H22F2N2O2. The van der Waals surface area contributed by atoms with Crippen molar-refractivity contribution in [2.75, 3.05) is 6.54 Å². The number of alkyl halides is 2. The predicted molar refractivity (Wildman–Crippen MR) is 77.5 cm³/mol. The smallest absolute Gasteiger partial charge is 0.387 e. The summed E-state index contributed by atoms with van der Waals surface area (Å²) in [5, 5.41) is 2.72. The van der Waals surface area contributed by atoms with Crippen LogP contribution in [-0.2, 0) is 0 Å². The lowest BCUT2D eigenvalue weighted by Gasteiger charge is -2.21. The zero-order valence-electron chi connectivity index (χ0n) is 12.3. The van der Waals surface area contributed by atoms with Gasteiger partial charge in [-0.1, -0.05) is 32.8 Å². The summed E-state index contributed by atoms with van der Waals surface area (Å²) in [7, 11) is 0. The second kappa shape index (κ2) is 8.56. The molecule has 0 aliphatic rings. The molecule has 118 valence electrons. The number of amides is 1. The summed E-state index contributed by atoms with van der Waals surface area (Å²) < 4.78 is 28.5. The van der Waals surface area contributed by atoms with Gasteiger partial charge in [0.05, 0.1) is 0 Å². The molecule has 1 rings (SSSR count). The number of halogens is 2. The molecule has 0 saturated heterocycles. The molecule has 3 N–H and O–H groups in total. The number of carbonyl (C=O) groups is 1. The molecule has 0 saturated carbocycles. The number of nitrogens with two attached hydrogens (primary N) is 1. The van der Waals surface area contributed by atoms with E-state index in [1.54, 1.807) is 0 Å². The quantitative estimate of drug-likeness (QED) is 0.776. The standard InChI is InChI=1S/C15H22F2N2O2/c1-3-10(4-2)13(18)9-19-14(20)11-6-5-7-12(8-11)21-15(16)17/h5-8,10,13,15H,3-4,9,18H2,1-2H3,(H,19,20). The van der Waals surface area contributed by atoms with Gasteiger partial charge in [0.1, 0.15) is 5.75 Å². The maximum absolute atomic E-state index is 12.1. The minimum Gasteiger partial charge on any atom is -0.435 e. The average molecular weight is 300 g/mol. The lowest BCUT2D eigenvalue weighted by Crippen LogP contribution is -2.41. The molecule has 0 heterocycles. The van der Waals surface area contributed by atoms with Crippen LogP contribution in [0.15, 0.2) is 24.3 Å². The largest absolute Gasteiger partial charge is 0.435 e.